The van der Waals surface area contributed by atoms with Crippen molar-refractivity contribution in [2.75, 3.05) is 19.8 Å². The lowest BCUT2D eigenvalue weighted by Crippen LogP contribution is -2.43. The van der Waals surface area contributed by atoms with Gasteiger partial charge < -0.3 is 24.9 Å². The topological polar surface area (TPSA) is 121 Å². The minimum atomic E-state index is -0.848. The molecule has 1 aromatic heterocycles. The molecule has 0 bridgehead atoms. The molecule has 1 aliphatic rings. The molecule has 3 aromatic carbocycles. The van der Waals surface area contributed by atoms with Crippen LogP contribution in [0.2, 0.25) is 0 Å². The van der Waals surface area contributed by atoms with Crippen molar-refractivity contribution in [3.63, 3.8) is 0 Å². The summed E-state index contributed by atoms with van der Waals surface area (Å²) in [5, 5.41) is 3.37. The van der Waals surface area contributed by atoms with Gasteiger partial charge in [-0.25, -0.2) is 9.59 Å². The molecule has 1 aliphatic carbocycles. The molecule has 8 nitrogen and oxygen atoms in total. The van der Waals surface area contributed by atoms with Gasteiger partial charge in [0.1, 0.15) is 18.8 Å². The molecule has 1 amide bonds. The molecule has 200 valence electrons. The number of ether oxygens (including phenoxy) is 2. The molecule has 0 unspecified atom stereocenters. The highest BCUT2D eigenvalue weighted by molar-refractivity contribution is 5.88. The summed E-state index contributed by atoms with van der Waals surface area (Å²) in [5.41, 5.74) is 9.84. The van der Waals surface area contributed by atoms with Crippen LogP contribution in [0.1, 0.15) is 36.3 Å². The molecule has 1 heterocycles. The van der Waals surface area contributed by atoms with Gasteiger partial charge in [0.05, 0.1) is 6.04 Å². The van der Waals surface area contributed by atoms with Gasteiger partial charge in [0.25, 0.3) is 0 Å². The molecular weight excluding hydrogens is 496 g/mol. The summed E-state index contributed by atoms with van der Waals surface area (Å²) in [5.74, 6) is -0.540. The van der Waals surface area contributed by atoms with Gasteiger partial charge in [-0.05, 0) is 60.2 Å². The number of para-hydroxylation sites is 1. The monoisotopic (exact) mass is 526 g/mol. The zero-order chi connectivity index (χ0) is 27.2. The molecule has 1 atom stereocenters. The van der Waals surface area contributed by atoms with Gasteiger partial charge >= 0.3 is 11.7 Å². The van der Waals surface area contributed by atoms with Gasteiger partial charge in [-0.3, -0.25) is 4.79 Å². The maximum absolute atomic E-state index is 13.0. The summed E-state index contributed by atoms with van der Waals surface area (Å²) in [6.07, 6.45) is 1.02. The van der Waals surface area contributed by atoms with Crippen molar-refractivity contribution >= 4 is 22.8 Å². The van der Waals surface area contributed by atoms with Crippen LogP contribution in [-0.4, -0.2) is 37.7 Å². The van der Waals surface area contributed by atoms with Crippen LogP contribution in [0.3, 0.4) is 0 Å². The number of alkyl carbamates (subject to hydrolysis) is 1. The Morgan fingerprint density at radius 3 is 2.31 bits per heavy atom. The van der Waals surface area contributed by atoms with E-state index in [2.05, 4.69) is 17.4 Å². The van der Waals surface area contributed by atoms with Crippen LogP contribution in [0, 0.1) is 0 Å². The summed E-state index contributed by atoms with van der Waals surface area (Å²) >= 11 is 0. The van der Waals surface area contributed by atoms with Crippen molar-refractivity contribution < 1.29 is 23.5 Å². The lowest BCUT2D eigenvalue weighted by atomic mass is 9.98. The van der Waals surface area contributed by atoms with Crippen LogP contribution >= 0.6 is 0 Å². The quantitative estimate of drug-likeness (QED) is 0.213. The van der Waals surface area contributed by atoms with Gasteiger partial charge in [0, 0.05) is 11.3 Å². The van der Waals surface area contributed by atoms with E-state index >= 15 is 0 Å². The third-order valence-electron chi connectivity index (χ3n) is 6.95. The van der Waals surface area contributed by atoms with E-state index in [9.17, 15) is 14.4 Å². The van der Waals surface area contributed by atoms with E-state index in [1.807, 2.05) is 42.5 Å². The van der Waals surface area contributed by atoms with Gasteiger partial charge in [-0.15, -0.1) is 0 Å². The zero-order valence-corrected chi connectivity index (χ0v) is 21.4. The van der Waals surface area contributed by atoms with Crippen molar-refractivity contribution in [3.8, 4) is 16.9 Å². The number of rotatable bonds is 11. The summed E-state index contributed by atoms with van der Waals surface area (Å²) in [6, 6.07) is 23.9. The van der Waals surface area contributed by atoms with E-state index in [1.54, 1.807) is 18.2 Å². The Labute approximate surface area is 225 Å². The number of unbranched alkanes of at least 4 members (excludes halogenated alkanes) is 1. The molecule has 4 aromatic rings. The highest BCUT2D eigenvalue weighted by Gasteiger charge is 2.30. The smallest absolute Gasteiger partial charge is 0.407 e. The Bertz CT molecular complexity index is 1500. The second-order valence-electron chi connectivity index (χ2n) is 9.50. The zero-order valence-electron chi connectivity index (χ0n) is 21.4. The first-order valence-electron chi connectivity index (χ1n) is 13.0. The first kappa shape index (κ1) is 26.2. The highest BCUT2D eigenvalue weighted by Crippen LogP contribution is 2.44. The van der Waals surface area contributed by atoms with Crippen LogP contribution < -0.4 is 21.4 Å². The van der Waals surface area contributed by atoms with E-state index < -0.39 is 24.4 Å². The predicted octanol–water partition coefficient (Wildman–Crippen LogP) is 4.78. The van der Waals surface area contributed by atoms with Crippen LogP contribution in [0.5, 0.6) is 5.75 Å². The third-order valence-corrected chi connectivity index (χ3v) is 6.95. The minimum absolute atomic E-state index is 0.0658. The van der Waals surface area contributed by atoms with E-state index in [1.165, 1.54) is 6.07 Å². The normalized spacial score (nSPS) is 12.9. The van der Waals surface area contributed by atoms with Crippen molar-refractivity contribution in [2.24, 2.45) is 5.73 Å². The lowest BCUT2D eigenvalue weighted by molar-refractivity contribution is -0.123. The molecular formula is C31H30N2O6. The van der Waals surface area contributed by atoms with E-state index in [0.717, 1.165) is 22.3 Å². The van der Waals surface area contributed by atoms with Crippen molar-refractivity contribution in [1.82, 2.24) is 5.32 Å². The van der Waals surface area contributed by atoms with Gasteiger partial charge in [0.2, 0.25) is 5.75 Å². The third kappa shape index (κ3) is 5.86. The van der Waals surface area contributed by atoms with E-state index in [-0.39, 0.29) is 24.1 Å². The fraction of sp³-hybridized carbons (Fsp3) is 0.258. The molecule has 5 rings (SSSR count). The molecule has 0 spiro atoms. The lowest BCUT2D eigenvalue weighted by Gasteiger charge is -2.19. The standard InChI is InChI=1S/C31H30N2O6/c32-16-8-7-14-26(27(34)19-37-29-17-20-9-1-6-15-28(20)39-30(29)35)33-31(36)38-18-25-23-12-4-2-10-21(23)22-11-3-5-13-24(22)25/h1-6,9-13,15,17,25-26H,7-8,14,16,18-19,32H2,(H,33,36)/t26-/m0/s1. The number of nitrogens with one attached hydrogen (secondary N) is 1. The summed E-state index contributed by atoms with van der Waals surface area (Å²) < 4.78 is 16.4. The Morgan fingerprint density at radius 1 is 0.923 bits per heavy atom. The number of amides is 1. The Morgan fingerprint density at radius 2 is 1.59 bits per heavy atom. The first-order valence-corrected chi connectivity index (χ1v) is 13.0. The largest absolute Gasteiger partial charge is 0.478 e. The maximum atomic E-state index is 13.0. The molecule has 8 heteroatoms. The SMILES string of the molecule is NCCCC[C@H](NC(=O)OCC1c2ccccc2-c2ccccc21)C(=O)COc1cc2ccccc2oc1=O. The number of benzene rings is 3. The second-order valence-corrected chi connectivity index (χ2v) is 9.50. The molecule has 3 N–H and O–H groups in total. The van der Waals surface area contributed by atoms with Crippen molar-refractivity contribution in [3.05, 3.63) is 100 Å². The molecule has 0 saturated carbocycles. The average Bonchev–Trinajstić information content (AvgIpc) is 3.28. The molecule has 0 fully saturated rings. The Balaban J connectivity index is 1.23. The average molecular weight is 527 g/mol. The van der Waals surface area contributed by atoms with Crippen LogP contribution in [0.25, 0.3) is 22.1 Å². The number of hydrogen-bond donors (Lipinski definition) is 2. The molecule has 39 heavy (non-hydrogen) atoms. The fourth-order valence-electron chi connectivity index (χ4n) is 4.98. The number of hydrogen-bond acceptors (Lipinski definition) is 7. The first-order chi connectivity index (χ1) is 19.0. The van der Waals surface area contributed by atoms with Gasteiger partial charge in [0.15, 0.2) is 5.78 Å². The van der Waals surface area contributed by atoms with Crippen LogP contribution in [0.4, 0.5) is 4.79 Å². The van der Waals surface area contributed by atoms with Crippen molar-refractivity contribution in [1.29, 1.82) is 0 Å². The predicted molar refractivity (Wildman–Crippen MR) is 148 cm³/mol. The number of carbonyl (C=O) groups is 2. The molecule has 0 aliphatic heterocycles. The second kappa shape index (κ2) is 12.0. The number of nitrogens with two attached hydrogens (primary N) is 1. The van der Waals surface area contributed by atoms with Crippen LogP contribution in [0.15, 0.2) is 88.1 Å². The summed E-state index contributed by atoms with van der Waals surface area (Å²) in [6.45, 7) is 0.207. The Kier molecular flexibility index (Phi) is 8.03. The van der Waals surface area contributed by atoms with Gasteiger partial charge in [-0.1, -0.05) is 66.7 Å². The van der Waals surface area contributed by atoms with E-state index in [4.69, 9.17) is 19.6 Å². The number of carbonyl (C=O) groups excluding carboxylic acids is 2. The minimum Gasteiger partial charge on any atom is -0.478 e. The van der Waals surface area contributed by atoms with E-state index in [0.29, 0.717) is 36.8 Å². The Hall–Kier alpha value is -4.43. The van der Waals surface area contributed by atoms with Crippen molar-refractivity contribution in [2.45, 2.75) is 31.2 Å². The number of Topliss-reactive ketones (excluding diaryl/α,β-unsaturated/α-hetero) is 1. The highest BCUT2D eigenvalue weighted by atomic mass is 16.5. The number of fused-ring (bicyclic) bond motifs is 4. The maximum Gasteiger partial charge on any atom is 0.407 e. The number of ketones is 1. The molecule has 0 radical (unpaired) electrons. The summed E-state index contributed by atoms with van der Waals surface area (Å²) in [7, 11) is 0. The fourth-order valence-corrected chi connectivity index (χ4v) is 4.98. The van der Waals surface area contributed by atoms with Crippen LogP contribution in [-0.2, 0) is 9.53 Å². The van der Waals surface area contributed by atoms with Gasteiger partial charge in [-0.2, -0.15) is 0 Å². The molecule has 0 saturated heterocycles. The summed E-state index contributed by atoms with van der Waals surface area (Å²) in [4.78, 5) is 38.2.